The molecule has 0 aromatic heterocycles. The second-order valence-electron chi connectivity index (χ2n) is 5.19. The Morgan fingerprint density at radius 1 is 0.826 bits per heavy atom. The monoisotopic (exact) mass is 336 g/mol. The third-order valence-electron chi connectivity index (χ3n) is 3.45. The first-order valence-electron chi connectivity index (χ1n) is 6.77. The zero-order chi connectivity index (χ0) is 15.7. The van der Waals surface area contributed by atoms with Crippen molar-refractivity contribution < 1.29 is 13.0 Å². The van der Waals surface area contributed by atoms with Crippen molar-refractivity contribution in [3.63, 3.8) is 0 Å². The Kier molecular flexibility index (Phi) is 5.49. The maximum absolute atomic E-state index is 11.2. The summed E-state index contributed by atoms with van der Waals surface area (Å²) in [5.74, 6) is 0. The van der Waals surface area contributed by atoms with Crippen molar-refractivity contribution in [2.24, 2.45) is 0 Å². The molecule has 0 saturated heterocycles. The summed E-state index contributed by atoms with van der Waals surface area (Å²) in [5, 5.41) is 4.95. The molecule has 2 N–H and O–H groups in total. The summed E-state index contributed by atoms with van der Waals surface area (Å²) >= 11 is 0. The van der Waals surface area contributed by atoms with Gasteiger partial charge < -0.3 is 5.32 Å². The topological polar surface area (TPSA) is 66.4 Å². The maximum Gasteiger partial charge on any atom is 0.294 e. The summed E-state index contributed by atoms with van der Waals surface area (Å²) in [6, 6.07) is 18.2. The molecular formula is C17H15NNaO3S. The van der Waals surface area contributed by atoms with Crippen LogP contribution in [-0.4, -0.2) is 42.5 Å². The van der Waals surface area contributed by atoms with E-state index in [2.05, 4.69) is 5.32 Å². The molecule has 3 aromatic rings. The molecule has 1 radical (unpaired) electrons. The molecule has 0 fully saturated rings. The average molecular weight is 336 g/mol. The Hall–Kier alpha value is -1.37. The Balaban J connectivity index is 0.00000192. The minimum atomic E-state index is -4.17. The zero-order valence-corrected chi connectivity index (χ0v) is 15.8. The third kappa shape index (κ3) is 4.34. The van der Waals surface area contributed by atoms with Crippen LogP contribution in [0, 0.1) is 6.92 Å². The Morgan fingerprint density at radius 2 is 1.39 bits per heavy atom. The Labute approximate surface area is 157 Å². The summed E-state index contributed by atoms with van der Waals surface area (Å²) in [4.78, 5) is -0.0979. The van der Waals surface area contributed by atoms with Crippen molar-refractivity contribution in [1.82, 2.24) is 0 Å². The fraction of sp³-hybridized carbons (Fsp3) is 0.0588. The van der Waals surface area contributed by atoms with Crippen LogP contribution in [0.4, 0.5) is 11.4 Å². The minimum absolute atomic E-state index is 0. The number of hydrogen-bond acceptors (Lipinski definition) is 3. The first-order valence-corrected chi connectivity index (χ1v) is 8.21. The van der Waals surface area contributed by atoms with Crippen LogP contribution in [0.25, 0.3) is 10.8 Å². The smallest absolute Gasteiger partial charge is 0.294 e. The zero-order valence-electron chi connectivity index (χ0n) is 12.9. The fourth-order valence-corrected chi connectivity index (χ4v) is 2.78. The molecule has 3 aromatic carbocycles. The van der Waals surface area contributed by atoms with Crippen molar-refractivity contribution in [1.29, 1.82) is 0 Å². The number of benzene rings is 3. The largest absolute Gasteiger partial charge is 0.356 e. The second-order valence-corrected chi connectivity index (χ2v) is 6.61. The van der Waals surface area contributed by atoms with Crippen molar-refractivity contribution in [3.8, 4) is 0 Å². The Morgan fingerprint density at radius 3 is 2.04 bits per heavy atom. The van der Waals surface area contributed by atoms with E-state index in [1.54, 1.807) is 6.07 Å². The predicted octanol–water partition coefficient (Wildman–Crippen LogP) is 3.76. The van der Waals surface area contributed by atoms with Crippen molar-refractivity contribution in [2.75, 3.05) is 5.32 Å². The average Bonchev–Trinajstić information content (AvgIpc) is 2.48. The van der Waals surface area contributed by atoms with E-state index in [4.69, 9.17) is 4.55 Å². The predicted molar refractivity (Wildman–Crippen MR) is 94.0 cm³/mol. The molecule has 0 bridgehead atoms. The molecule has 0 aliphatic heterocycles. The van der Waals surface area contributed by atoms with Crippen molar-refractivity contribution >= 4 is 61.8 Å². The molecule has 0 saturated carbocycles. The molecule has 6 heteroatoms. The summed E-state index contributed by atoms with van der Waals surface area (Å²) in [7, 11) is -4.17. The third-order valence-corrected chi connectivity index (χ3v) is 4.30. The van der Waals surface area contributed by atoms with Crippen molar-refractivity contribution in [3.05, 3.63) is 66.2 Å². The van der Waals surface area contributed by atoms with E-state index in [0.717, 1.165) is 22.1 Å². The normalized spacial score (nSPS) is 11.0. The maximum atomic E-state index is 11.2. The van der Waals surface area contributed by atoms with Gasteiger partial charge in [-0.2, -0.15) is 8.42 Å². The number of rotatable bonds is 3. The van der Waals surface area contributed by atoms with Gasteiger partial charge in [-0.3, -0.25) is 4.55 Å². The molecule has 0 atom stereocenters. The summed E-state index contributed by atoms with van der Waals surface area (Å²) in [6.45, 7) is 2.03. The van der Waals surface area contributed by atoms with Gasteiger partial charge in [0.25, 0.3) is 10.1 Å². The number of fused-ring (bicyclic) bond motifs is 1. The van der Waals surface area contributed by atoms with E-state index in [9.17, 15) is 8.42 Å². The molecule has 4 nitrogen and oxygen atoms in total. The van der Waals surface area contributed by atoms with Crippen LogP contribution in [0.3, 0.4) is 0 Å². The molecular weight excluding hydrogens is 321 g/mol. The number of hydrogen-bond donors (Lipinski definition) is 2. The SMILES string of the molecule is Cc1ccc(Nc2ccc3cc(S(=O)(=O)O)ccc3c2)cc1.[Na]. The summed E-state index contributed by atoms with van der Waals surface area (Å²) < 4.78 is 31.4. The van der Waals surface area contributed by atoms with Gasteiger partial charge in [-0.15, -0.1) is 0 Å². The molecule has 0 heterocycles. The first kappa shape index (κ1) is 18.0. The van der Waals surface area contributed by atoms with Crippen LogP contribution in [0.5, 0.6) is 0 Å². The van der Waals surface area contributed by atoms with E-state index in [-0.39, 0.29) is 34.5 Å². The standard InChI is InChI=1S/C17H15NO3S.Na/c1-12-2-6-15(7-3-12)18-16-8-4-14-11-17(22(19,20)21)9-5-13(14)10-16;/h2-11,18H,1H3,(H,19,20,21);. The van der Waals surface area contributed by atoms with Gasteiger partial charge in [0.2, 0.25) is 0 Å². The summed E-state index contributed by atoms with van der Waals surface area (Å²) in [5.41, 5.74) is 3.09. The van der Waals surface area contributed by atoms with Crippen molar-refractivity contribution in [2.45, 2.75) is 11.8 Å². The first-order chi connectivity index (χ1) is 10.4. The van der Waals surface area contributed by atoms with Crippen LogP contribution in [0.2, 0.25) is 0 Å². The van der Waals surface area contributed by atoms with Gasteiger partial charge in [0, 0.05) is 40.9 Å². The molecule has 3 rings (SSSR count). The summed E-state index contributed by atoms with van der Waals surface area (Å²) in [6.07, 6.45) is 0. The number of nitrogens with one attached hydrogen (secondary N) is 1. The van der Waals surface area contributed by atoms with Crippen LogP contribution in [0.1, 0.15) is 5.56 Å². The van der Waals surface area contributed by atoms with E-state index in [0.29, 0.717) is 0 Å². The van der Waals surface area contributed by atoms with Gasteiger partial charge in [-0.05, 0) is 54.1 Å². The minimum Gasteiger partial charge on any atom is -0.356 e. The van der Waals surface area contributed by atoms with Gasteiger partial charge in [0.15, 0.2) is 0 Å². The number of aryl methyl sites for hydroxylation is 1. The van der Waals surface area contributed by atoms with Gasteiger partial charge in [0.1, 0.15) is 0 Å². The fourth-order valence-electron chi connectivity index (χ4n) is 2.27. The second kappa shape index (κ2) is 7.03. The number of anilines is 2. The van der Waals surface area contributed by atoms with Crippen LogP contribution in [0.15, 0.2) is 65.6 Å². The van der Waals surface area contributed by atoms with Gasteiger partial charge in [-0.1, -0.05) is 29.8 Å². The van der Waals surface area contributed by atoms with E-state index < -0.39 is 10.1 Å². The quantitative estimate of drug-likeness (QED) is 0.564. The van der Waals surface area contributed by atoms with Gasteiger partial charge >= 0.3 is 0 Å². The molecule has 0 unspecified atom stereocenters. The molecule has 0 amide bonds. The molecule has 0 aliphatic rings. The van der Waals surface area contributed by atoms with Gasteiger partial charge in [0.05, 0.1) is 4.90 Å². The molecule has 0 spiro atoms. The van der Waals surface area contributed by atoms with Crippen LogP contribution in [-0.2, 0) is 10.1 Å². The molecule has 23 heavy (non-hydrogen) atoms. The van der Waals surface area contributed by atoms with E-state index in [1.807, 2.05) is 49.4 Å². The molecule has 113 valence electrons. The van der Waals surface area contributed by atoms with Gasteiger partial charge in [-0.25, -0.2) is 0 Å². The Bertz CT molecular complexity index is 938. The molecule has 0 aliphatic carbocycles. The van der Waals surface area contributed by atoms with E-state index in [1.165, 1.54) is 17.7 Å². The van der Waals surface area contributed by atoms with Crippen LogP contribution >= 0.6 is 0 Å². The van der Waals surface area contributed by atoms with E-state index >= 15 is 0 Å². The van der Waals surface area contributed by atoms with Crippen LogP contribution < -0.4 is 5.32 Å².